The molecule has 0 atom stereocenters. The van der Waals surface area contributed by atoms with Crippen LogP contribution in [0.3, 0.4) is 0 Å². The molecule has 0 fully saturated rings. The third-order valence-corrected chi connectivity index (χ3v) is 3.82. The van der Waals surface area contributed by atoms with Crippen molar-refractivity contribution in [3.05, 3.63) is 0 Å². The fourth-order valence-corrected chi connectivity index (χ4v) is 2.38. The lowest BCUT2D eigenvalue weighted by Gasteiger charge is -2.09. The lowest BCUT2D eigenvalue weighted by atomic mass is 10.4. The number of unbranched alkanes of at least 4 members (excludes halogenated alkanes) is 2. The van der Waals surface area contributed by atoms with Gasteiger partial charge in [-0.3, -0.25) is 0 Å². The van der Waals surface area contributed by atoms with Crippen LogP contribution in [-0.4, -0.2) is 36.2 Å². The Kier molecular flexibility index (Phi) is 24.4. The third kappa shape index (κ3) is 22.9. The van der Waals surface area contributed by atoms with E-state index in [2.05, 4.69) is 13.8 Å². The van der Waals surface area contributed by atoms with Crippen molar-refractivity contribution >= 4 is 17.2 Å². The Labute approximate surface area is 138 Å². The number of hydrogen-bond donors (Lipinski definition) is 2. The maximum atomic E-state index is 9.12. The van der Waals surface area contributed by atoms with Crippen LogP contribution in [0.5, 0.6) is 0 Å². The highest BCUT2D eigenvalue weighted by Crippen LogP contribution is 2.33. The Morgan fingerprint density at radius 2 is 0.864 bits per heavy atom. The molecular formula is C14H34O6P2. The summed E-state index contributed by atoms with van der Waals surface area (Å²) in [7, 11) is -3.20. The predicted octanol–water partition coefficient (Wildman–Crippen LogP) is 4.90. The SMILES string of the molecule is CCCCOP(O)OCCCC.CCCOP(O)OCCC. The topological polar surface area (TPSA) is 77.4 Å². The largest absolute Gasteiger partial charge is 0.329 e. The molecule has 0 saturated carbocycles. The molecule has 0 aliphatic heterocycles. The maximum Gasteiger partial charge on any atom is 0.329 e. The summed E-state index contributed by atoms with van der Waals surface area (Å²) in [6.07, 6.45) is 5.95. The second-order valence-electron chi connectivity index (χ2n) is 4.52. The standard InChI is InChI=1S/C8H19O3P.C6H15O3P/c1-3-5-7-10-12(9)11-8-6-4-2;1-3-5-8-10(7)9-6-4-2/h9H,3-8H2,1-2H3;7H,3-6H2,1-2H3. The van der Waals surface area contributed by atoms with Crippen molar-refractivity contribution in [3.63, 3.8) is 0 Å². The van der Waals surface area contributed by atoms with E-state index < -0.39 is 17.2 Å². The maximum absolute atomic E-state index is 9.12. The zero-order valence-corrected chi connectivity index (χ0v) is 16.3. The van der Waals surface area contributed by atoms with Gasteiger partial charge in [0.15, 0.2) is 0 Å². The smallest absolute Gasteiger partial charge is 0.328 e. The third-order valence-electron chi connectivity index (χ3n) is 2.21. The van der Waals surface area contributed by atoms with Gasteiger partial charge in [0, 0.05) is 0 Å². The quantitative estimate of drug-likeness (QED) is 0.339. The van der Waals surface area contributed by atoms with Crippen molar-refractivity contribution in [1.82, 2.24) is 0 Å². The summed E-state index contributed by atoms with van der Waals surface area (Å²) in [6.45, 7) is 10.5. The van der Waals surface area contributed by atoms with E-state index in [9.17, 15) is 0 Å². The highest BCUT2D eigenvalue weighted by molar-refractivity contribution is 7.40. The van der Waals surface area contributed by atoms with E-state index >= 15 is 0 Å². The van der Waals surface area contributed by atoms with E-state index in [0.29, 0.717) is 26.4 Å². The average molecular weight is 360 g/mol. The number of rotatable bonds is 14. The molecule has 0 aromatic carbocycles. The first-order valence-electron chi connectivity index (χ1n) is 8.11. The van der Waals surface area contributed by atoms with Crippen LogP contribution >= 0.6 is 17.2 Å². The average Bonchev–Trinajstić information content (AvgIpc) is 2.52. The molecule has 0 bridgehead atoms. The molecule has 2 N–H and O–H groups in total. The van der Waals surface area contributed by atoms with Gasteiger partial charge < -0.3 is 27.9 Å². The fraction of sp³-hybridized carbons (Fsp3) is 1.00. The van der Waals surface area contributed by atoms with Gasteiger partial charge in [-0.15, -0.1) is 0 Å². The van der Waals surface area contributed by atoms with E-state index in [1.54, 1.807) is 0 Å². The van der Waals surface area contributed by atoms with Crippen LogP contribution in [0.4, 0.5) is 0 Å². The highest BCUT2D eigenvalue weighted by Gasteiger charge is 2.04. The summed E-state index contributed by atoms with van der Waals surface area (Å²) in [5.41, 5.74) is 0. The molecule has 0 radical (unpaired) electrons. The molecule has 22 heavy (non-hydrogen) atoms. The summed E-state index contributed by atoms with van der Waals surface area (Å²) in [4.78, 5) is 18.1. The minimum atomic E-state index is -1.60. The summed E-state index contributed by atoms with van der Waals surface area (Å²) < 4.78 is 19.8. The second kappa shape index (κ2) is 21.6. The van der Waals surface area contributed by atoms with Crippen molar-refractivity contribution in [3.8, 4) is 0 Å². The normalized spacial score (nSPS) is 10.9. The van der Waals surface area contributed by atoms with E-state index in [1.165, 1.54) is 0 Å². The molecule has 8 heteroatoms. The molecule has 0 spiro atoms. The van der Waals surface area contributed by atoms with E-state index in [0.717, 1.165) is 38.5 Å². The first-order valence-corrected chi connectivity index (χ1v) is 10.4. The molecule has 136 valence electrons. The zero-order chi connectivity index (χ0) is 17.1. The molecule has 0 aromatic rings. The predicted molar refractivity (Wildman–Crippen MR) is 92.5 cm³/mol. The Morgan fingerprint density at radius 3 is 1.14 bits per heavy atom. The van der Waals surface area contributed by atoms with Crippen LogP contribution in [0.25, 0.3) is 0 Å². The van der Waals surface area contributed by atoms with Gasteiger partial charge in [0.25, 0.3) is 0 Å². The molecule has 0 aliphatic rings. The lowest BCUT2D eigenvalue weighted by Crippen LogP contribution is -1.94. The molecule has 0 heterocycles. The van der Waals surface area contributed by atoms with Crippen molar-refractivity contribution in [2.45, 2.75) is 66.2 Å². The lowest BCUT2D eigenvalue weighted by molar-refractivity contribution is 0.196. The van der Waals surface area contributed by atoms with Gasteiger partial charge in [0.1, 0.15) is 0 Å². The summed E-state index contributed by atoms with van der Waals surface area (Å²) in [5, 5.41) is 0. The first kappa shape index (κ1) is 24.9. The highest BCUT2D eigenvalue weighted by atomic mass is 31.2. The van der Waals surface area contributed by atoms with Crippen molar-refractivity contribution < 1.29 is 27.9 Å². The minimum absolute atomic E-state index is 0.575. The van der Waals surface area contributed by atoms with Crippen LogP contribution in [0.1, 0.15) is 66.2 Å². The zero-order valence-electron chi connectivity index (χ0n) is 14.5. The second-order valence-corrected chi connectivity index (χ2v) is 6.50. The molecule has 0 saturated heterocycles. The molecule has 0 rings (SSSR count). The fourth-order valence-electron chi connectivity index (χ4n) is 0.987. The number of hydrogen-bond acceptors (Lipinski definition) is 6. The van der Waals surface area contributed by atoms with Gasteiger partial charge in [-0.25, -0.2) is 0 Å². The van der Waals surface area contributed by atoms with Crippen molar-refractivity contribution in [2.75, 3.05) is 26.4 Å². The molecule has 0 unspecified atom stereocenters. The Balaban J connectivity index is 0. The molecule has 0 amide bonds. The Bertz CT molecular complexity index is 182. The molecule has 0 aromatic heterocycles. The van der Waals surface area contributed by atoms with Crippen LogP contribution in [0.2, 0.25) is 0 Å². The van der Waals surface area contributed by atoms with E-state index in [1.807, 2.05) is 13.8 Å². The van der Waals surface area contributed by atoms with Gasteiger partial charge in [-0.05, 0) is 25.7 Å². The Morgan fingerprint density at radius 1 is 0.545 bits per heavy atom. The van der Waals surface area contributed by atoms with Crippen LogP contribution in [0.15, 0.2) is 0 Å². The van der Waals surface area contributed by atoms with Gasteiger partial charge in [0.2, 0.25) is 0 Å². The van der Waals surface area contributed by atoms with Gasteiger partial charge >= 0.3 is 17.2 Å². The minimum Gasteiger partial charge on any atom is -0.328 e. The van der Waals surface area contributed by atoms with Crippen molar-refractivity contribution in [2.24, 2.45) is 0 Å². The van der Waals surface area contributed by atoms with Gasteiger partial charge in [-0.2, -0.15) is 0 Å². The van der Waals surface area contributed by atoms with E-state index in [4.69, 9.17) is 27.9 Å². The van der Waals surface area contributed by atoms with E-state index in [-0.39, 0.29) is 0 Å². The molecule has 0 aliphatic carbocycles. The Hall–Kier alpha value is 0.620. The summed E-state index contributed by atoms with van der Waals surface area (Å²) in [6, 6.07) is 0. The van der Waals surface area contributed by atoms with Crippen molar-refractivity contribution in [1.29, 1.82) is 0 Å². The molecule has 6 nitrogen and oxygen atoms in total. The molecular weight excluding hydrogens is 326 g/mol. The van der Waals surface area contributed by atoms with Crippen LogP contribution in [-0.2, 0) is 18.1 Å². The van der Waals surface area contributed by atoms with Crippen LogP contribution in [0, 0.1) is 0 Å². The van der Waals surface area contributed by atoms with Crippen LogP contribution < -0.4 is 0 Å². The van der Waals surface area contributed by atoms with Gasteiger partial charge in [0.05, 0.1) is 26.4 Å². The first-order chi connectivity index (χ1) is 10.6. The summed E-state index contributed by atoms with van der Waals surface area (Å²) >= 11 is 0. The van der Waals surface area contributed by atoms with Gasteiger partial charge in [-0.1, -0.05) is 40.5 Å². The summed E-state index contributed by atoms with van der Waals surface area (Å²) in [5.74, 6) is 0. The monoisotopic (exact) mass is 360 g/mol.